The highest BCUT2D eigenvalue weighted by Crippen LogP contribution is 2.50. The van der Waals surface area contributed by atoms with Crippen LogP contribution in [0.5, 0.6) is 5.75 Å². The largest absolute Gasteiger partial charge is 0.543 e. The van der Waals surface area contributed by atoms with Gasteiger partial charge in [-0.05, 0) is 48.5 Å². The molecular weight excluding hydrogens is 490 g/mol. The van der Waals surface area contributed by atoms with E-state index < -0.39 is 29.7 Å². The van der Waals surface area contributed by atoms with Crippen molar-refractivity contribution < 1.29 is 22.7 Å². The van der Waals surface area contributed by atoms with Gasteiger partial charge in [-0.3, -0.25) is 4.79 Å². The van der Waals surface area contributed by atoms with Crippen LogP contribution in [0.1, 0.15) is 42.4 Å². The van der Waals surface area contributed by atoms with Gasteiger partial charge in [-0.1, -0.05) is 69.3 Å². The number of carbonyl (C=O) groups excluding carboxylic acids is 1. The molecule has 1 aliphatic carbocycles. The van der Waals surface area contributed by atoms with Crippen molar-refractivity contribution in [3.05, 3.63) is 95.7 Å². The first kappa shape index (κ1) is 24.5. The van der Waals surface area contributed by atoms with Crippen molar-refractivity contribution in [2.75, 3.05) is 0 Å². The molecule has 36 heavy (non-hydrogen) atoms. The number of aliphatic hydroxyl groups is 1. The quantitative estimate of drug-likeness (QED) is 0.342. The van der Waals surface area contributed by atoms with Crippen molar-refractivity contribution in [3.8, 4) is 5.75 Å². The molecule has 3 aromatic carbocycles. The number of aromatic nitrogens is 1. The number of carbonyl (C=O) groups is 1. The number of rotatable bonds is 5. The Labute approximate surface area is 212 Å². The molecule has 0 fully saturated rings. The van der Waals surface area contributed by atoms with Crippen molar-refractivity contribution in [1.82, 2.24) is 3.97 Å². The third-order valence-corrected chi connectivity index (χ3v) is 13.5. The van der Waals surface area contributed by atoms with E-state index in [1.807, 2.05) is 0 Å². The van der Waals surface area contributed by atoms with Crippen LogP contribution in [0.4, 0.5) is 0 Å². The molecule has 0 amide bonds. The van der Waals surface area contributed by atoms with Gasteiger partial charge in [0.25, 0.3) is 18.3 Å². The van der Waals surface area contributed by atoms with Gasteiger partial charge in [-0.25, -0.2) is 12.4 Å². The molecule has 1 N–H and O–H groups in total. The smallest absolute Gasteiger partial charge is 0.268 e. The molecule has 1 atom stereocenters. The topological polar surface area (TPSA) is 85.6 Å². The third-order valence-electron chi connectivity index (χ3n) is 7.46. The van der Waals surface area contributed by atoms with Crippen LogP contribution >= 0.6 is 0 Å². The Morgan fingerprint density at radius 3 is 2.22 bits per heavy atom. The Balaban J connectivity index is 1.72. The van der Waals surface area contributed by atoms with Crippen molar-refractivity contribution >= 4 is 35.0 Å². The van der Waals surface area contributed by atoms with E-state index in [-0.39, 0.29) is 15.6 Å². The Hall–Kier alpha value is -3.20. The van der Waals surface area contributed by atoms with Crippen molar-refractivity contribution in [1.29, 1.82) is 0 Å². The summed E-state index contributed by atoms with van der Waals surface area (Å²) in [5.41, 5.74) is -1.09. The number of ketones is 1. The summed E-state index contributed by atoms with van der Waals surface area (Å²) < 4.78 is 35.2. The summed E-state index contributed by atoms with van der Waals surface area (Å²) in [6.45, 7) is 10.5. The van der Waals surface area contributed by atoms with Crippen molar-refractivity contribution in [2.24, 2.45) is 0 Å². The SMILES string of the molecule is CC(C)(C)[Si](C)(C)Oc1cccc2c1C(=O)C2(O)c1cc2ccccc2n1S(=O)(=O)c1ccccc1. The molecule has 1 heterocycles. The van der Waals surface area contributed by atoms with E-state index in [9.17, 15) is 18.3 Å². The molecule has 1 aromatic heterocycles. The van der Waals surface area contributed by atoms with Gasteiger partial charge in [0.1, 0.15) is 5.75 Å². The highest BCUT2D eigenvalue weighted by Gasteiger charge is 2.56. The standard InChI is InChI=1S/C28H29NO5SSi/c1-27(2,3)36(4,5)34-23-17-11-15-21-25(23)26(30)28(21,31)24-18-19-12-9-10-16-22(19)29(24)35(32,33)20-13-7-6-8-14-20/h6-18,31H,1-5H3. The van der Waals surface area contributed by atoms with Crippen LogP contribution in [0.25, 0.3) is 10.9 Å². The number of fused-ring (bicyclic) bond motifs is 2. The van der Waals surface area contributed by atoms with Gasteiger partial charge in [-0.15, -0.1) is 0 Å². The Morgan fingerprint density at radius 2 is 1.56 bits per heavy atom. The molecule has 186 valence electrons. The van der Waals surface area contributed by atoms with Crippen LogP contribution in [0.2, 0.25) is 18.1 Å². The average molecular weight is 520 g/mol. The highest BCUT2D eigenvalue weighted by atomic mass is 32.2. The maximum atomic E-state index is 13.8. The zero-order chi connectivity index (χ0) is 26.1. The normalized spacial score (nSPS) is 18.1. The maximum absolute atomic E-state index is 13.8. The molecule has 4 aromatic rings. The Morgan fingerprint density at radius 1 is 0.917 bits per heavy atom. The first-order chi connectivity index (χ1) is 16.8. The van der Waals surface area contributed by atoms with Crippen LogP contribution < -0.4 is 4.43 Å². The summed E-state index contributed by atoms with van der Waals surface area (Å²) in [6, 6.07) is 21.7. The molecule has 8 heteroatoms. The maximum Gasteiger partial charge on any atom is 0.268 e. The highest BCUT2D eigenvalue weighted by molar-refractivity contribution is 7.90. The fraction of sp³-hybridized carbons (Fsp3) is 0.250. The molecule has 0 saturated carbocycles. The number of benzene rings is 3. The zero-order valence-corrected chi connectivity index (χ0v) is 22.8. The van der Waals surface area contributed by atoms with E-state index in [2.05, 4.69) is 33.9 Å². The molecule has 5 rings (SSSR count). The minimum Gasteiger partial charge on any atom is -0.543 e. The van der Waals surface area contributed by atoms with Gasteiger partial charge in [0, 0.05) is 10.9 Å². The Bertz CT molecular complexity index is 1620. The summed E-state index contributed by atoms with van der Waals surface area (Å²) in [5.74, 6) is -0.138. The molecule has 6 nitrogen and oxygen atoms in total. The number of hydrogen-bond donors (Lipinski definition) is 1. The fourth-order valence-electron chi connectivity index (χ4n) is 4.41. The fourth-order valence-corrected chi connectivity index (χ4v) is 7.02. The molecule has 0 spiro atoms. The minimum absolute atomic E-state index is 0.00507. The summed E-state index contributed by atoms with van der Waals surface area (Å²) in [5, 5.41) is 12.4. The predicted molar refractivity (Wildman–Crippen MR) is 143 cm³/mol. The number of hydrogen-bond acceptors (Lipinski definition) is 5. The third kappa shape index (κ3) is 3.39. The van der Waals surface area contributed by atoms with E-state index in [1.165, 1.54) is 12.1 Å². The monoisotopic (exact) mass is 519 g/mol. The van der Waals surface area contributed by atoms with Gasteiger partial charge in [-0.2, -0.15) is 0 Å². The van der Waals surface area contributed by atoms with Crippen LogP contribution in [0.3, 0.4) is 0 Å². The minimum atomic E-state index is -4.12. The van der Waals surface area contributed by atoms with Crippen LogP contribution in [0.15, 0.2) is 83.8 Å². The second-order valence-corrected chi connectivity index (χ2v) is 17.3. The van der Waals surface area contributed by atoms with E-state index in [4.69, 9.17) is 4.43 Å². The number of Topliss-reactive ketones (excluding diaryl/α,β-unsaturated/α-hetero) is 1. The second-order valence-electron chi connectivity index (χ2n) is 10.8. The first-order valence-electron chi connectivity index (χ1n) is 11.8. The predicted octanol–water partition coefficient (Wildman–Crippen LogP) is 5.69. The van der Waals surface area contributed by atoms with Gasteiger partial charge >= 0.3 is 0 Å². The average Bonchev–Trinajstić information content (AvgIpc) is 3.23. The van der Waals surface area contributed by atoms with Gasteiger partial charge < -0.3 is 9.53 Å². The van der Waals surface area contributed by atoms with E-state index in [0.717, 1.165) is 3.97 Å². The van der Waals surface area contributed by atoms with E-state index in [0.29, 0.717) is 27.8 Å². The molecule has 0 bridgehead atoms. The number of para-hydroxylation sites is 1. The number of nitrogens with zero attached hydrogens (tertiary/aromatic N) is 1. The van der Waals surface area contributed by atoms with E-state index >= 15 is 0 Å². The molecule has 0 saturated heterocycles. The van der Waals surface area contributed by atoms with Gasteiger partial charge in [0.2, 0.25) is 5.78 Å². The zero-order valence-electron chi connectivity index (χ0n) is 20.9. The second kappa shape index (κ2) is 7.90. The van der Waals surface area contributed by atoms with E-state index in [1.54, 1.807) is 66.7 Å². The molecular formula is C28H29NO5SSi. The van der Waals surface area contributed by atoms with Crippen LogP contribution in [-0.4, -0.2) is 31.6 Å². The van der Waals surface area contributed by atoms with Crippen molar-refractivity contribution in [2.45, 2.75) is 49.4 Å². The first-order valence-corrected chi connectivity index (χ1v) is 16.2. The summed E-state index contributed by atoms with van der Waals surface area (Å²) in [4.78, 5) is 13.8. The van der Waals surface area contributed by atoms with Crippen LogP contribution in [0, 0.1) is 0 Å². The lowest BCUT2D eigenvalue weighted by Gasteiger charge is -2.42. The lowest BCUT2D eigenvalue weighted by Crippen LogP contribution is -2.50. The Kier molecular flexibility index (Phi) is 5.37. The summed E-state index contributed by atoms with van der Waals surface area (Å²) >= 11 is 0. The van der Waals surface area contributed by atoms with Gasteiger partial charge in [0.15, 0.2) is 5.60 Å². The molecule has 0 radical (unpaired) electrons. The lowest BCUT2D eigenvalue weighted by atomic mass is 9.70. The molecule has 0 aliphatic heterocycles. The summed E-state index contributed by atoms with van der Waals surface area (Å²) in [7, 11) is -6.38. The molecule has 1 unspecified atom stereocenters. The van der Waals surface area contributed by atoms with Crippen molar-refractivity contribution in [3.63, 3.8) is 0 Å². The lowest BCUT2D eigenvalue weighted by molar-refractivity contribution is 0.0353. The summed E-state index contributed by atoms with van der Waals surface area (Å²) in [6.07, 6.45) is 0. The van der Waals surface area contributed by atoms with Gasteiger partial charge in [0.05, 0.1) is 21.7 Å². The molecule has 1 aliphatic rings. The van der Waals surface area contributed by atoms with Crippen LogP contribution in [-0.2, 0) is 15.6 Å².